The van der Waals surface area contributed by atoms with Crippen molar-refractivity contribution < 1.29 is 13.6 Å². The van der Waals surface area contributed by atoms with Crippen LogP contribution in [0.1, 0.15) is 47.9 Å². The largest absolute Gasteiger partial charge is 0.345 e. The van der Waals surface area contributed by atoms with Gasteiger partial charge in [-0.1, -0.05) is 52.3 Å². The van der Waals surface area contributed by atoms with E-state index in [1.807, 2.05) is 24.3 Å². The summed E-state index contributed by atoms with van der Waals surface area (Å²) >= 11 is 3.46. The number of carbonyl (C=O) groups is 1. The third-order valence-electron chi connectivity index (χ3n) is 6.22. The van der Waals surface area contributed by atoms with Crippen LogP contribution in [0.3, 0.4) is 0 Å². The van der Waals surface area contributed by atoms with Crippen LogP contribution < -0.4 is 11.1 Å². The van der Waals surface area contributed by atoms with Gasteiger partial charge in [0, 0.05) is 16.4 Å². The zero-order valence-electron chi connectivity index (χ0n) is 17.5. The maximum Gasteiger partial charge on any atom is 0.224 e. The van der Waals surface area contributed by atoms with E-state index in [0.29, 0.717) is 6.42 Å². The molecule has 3 atom stereocenters. The number of hydrogen-bond acceptors (Lipinski definition) is 2. The number of rotatable bonds is 5. The number of hydrogen-bond donors (Lipinski definition) is 2. The maximum absolute atomic E-state index is 13.5. The first kappa shape index (κ1) is 22.6. The van der Waals surface area contributed by atoms with Crippen molar-refractivity contribution in [1.29, 1.82) is 0 Å². The zero-order valence-corrected chi connectivity index (χ0v) is 19.1. The predicted molar refractivity (Wildman–Crippen MR) is 125 cm³/mol. The van der Waals surface area contributed by atoms with Crippen LogP contribution in [0.4, 0.5) is 8.78 Å². The van der Waals surface area contributed by atoms with Gasteiger partial charge in [-0.25, -0.2) is 8.78 Å². The summed E-state index contributed by atoms with van der Waals surface area (Å²) in [6.45, 7) is 0. The van der Waals surface area contributed by atoms with E-state index < -0.39 is 6.04 Å². The lowest BCUT2D eigenvalue weighted by Gasteiger charge is -2.35. The lowest BCUT2D eigenvalue weighted by Crippen LogP contribution is -2.42. The molecular formula is C26H25BrF2N2O. The highest BCUT2D eigenvalue weighted by molar-refractivity contribution is 9.10. The van der Waals surface area contributed by atoms with Crippen LogP contribution in [0.5, 0.6) is 0 Å². The van der Waals surface area contributed by atoms with Gasteiger partial charge >= 0.3 is 0 Å². The van der Waals surface area contributed by atoms with Crippen LogP contribution in [0, 0.1) is 17.6 Å². The Kier molecular flexibility index (Phi) is 7.01. The van der Waals surface area contributed by atoms with Crippen LogP contribution in [0.2, 0.25) is 0 Å². The molecule has 0 saturated heterocycles. The molecule has 0 unspecified atom stereocenters. The fraction of sp³-hybridized carbons (Fsp3) is 0.269. The molecule has 1 aliphatic rings. The van der Waals surface area contributed by atoms with E-state index in [0.717, 1.165) is 34.0 Å². The summed E-state index contributed by atoms with van der Waals surface area (Å²) in [6.07, 6.45) is 2.20. The Morgan fingerprint density at radius 2 is 1.41 bits per heavy atom. The lowest BCUT2D eigenvalue weighted by atomic mass is 9.73. The summed E-state index contributed by atoms with van der Waals surface area (Å²) in [5.74, 6) is -1.01. The zero-order chi connectivity index (χ0) is 22.7. The first-order chi connectivity index (χ1) is 15.4. The molecule has 1 saturated carbocycles. The summed E-state index contributed by atoms with van der Waals surface area (Å²) in [5.41, 5.74) is 8.81. The minimum Gasteiger partial charge on any atom is -0.345 e. The van der Waals surface area contributed by atoms with E-state index in [9.17, 15) is 13.6 Å². The second-order valence-corrected chi connectivity index (χ2v) is 9.30. The van der Waals surface area contributed by atoms with Crippen LogP contribution in [-0.2, 0) is 4.79 Å². The van der Waals surface area contributed by atoms with Crippen molar-refractivity contribution in [1.82, 2.24) is 5.32 Å². The highest BCUT2D eigenvalue weighted by Gasteiger charge is 2.36. The van der Waals surface area contributed by atoms with Gasteiger partial charge in [-0.05, 0) is 78.3 Å². The smallest absolute Gasteiger partial charge is 0.224 e. The molecule has 1 fully saturated rings. The van der Waals surface area contributed by atoms with E-state index in [1.165, 1.54) is 24.3 Å². The molecule has 0 spiro atoms. The highest BCUT2D eigenvalue weighted by Crippen LogP contribution is 2.38. The van der Waals surface area contributed by atoms with Gasteiger partial charge in [-0.2, -0.15) is 0 Å². The van der Waals surface area contributed by atoms with Crippen molar-refractivity contribution >= 4 is 21.8 Å². The van der Waals surface area contributed by atoms with E-state index in [1.54, 1.807) is 24.3 Å². The van der Waals surface area contributed by atoms with Gasteiger partial charge in [-0.3, -0.25) is 4.79 Å². The minimum absolute atomic E-state index is 0.00827. The molecule has 0 bridgehead atoms. The van der Waals surface area contributed by atoms with Crippen LogP contribution in [0.25, 0.3) is 0 Å². The molecule has 1 amide bonds. The molecule has 1 aliphatic carbocycles. The number of nitrogens with two attached hydrogens (primary N) is 1. The molecule has 0 radical (unpaired) electrons. The standard InChI is InChI=1S/C26H25BrF2N2O/c27-19-7-1-16(2-8-19)24-15-22(30)13-14-23(24)26(32)31-25(17-3-9-20(28)10-4-17)18-5-11-21(29)12-6-18/h1-12,22-25H,13-15,30H2,(H,31,32)/t22-,23-,24+/m1/s1. The van der Waals surface area contributed by atoms with Crippen molar-refractivity contribution in [3.63, 3.8) is 0 Å². The maximum atomic E-state index is 13.5. The fourth-order valence-corrected chi connectivity index (χ4v) is 4.78. The van der Waals surface area contributed by atoms with Crippen molar-refractivity contribution in [3.8, 4) is 0 Å². The van der Waals surface area contributed by atoms with Gasteiger partial charge in [-0.15, -0.1) is 0 Å². The second kappa shape index (κ2) is 9.92. The van der Waals surface area contributed by atoms with E-state index in [4.69, 9.17) is 5.73 Å². The van der Waals surface area contributed by atoms with Crippen LogP contribution in [-0.4, -0.2) is 11.9 Å². The van der Waals surface area contributed by atoms with Crippen molar-refractivity contribution in [3.05, 3.63) is 106 Å². The molecule has 6 heteroatoms. The molecule has 0 aromatic heterocycles. The third-order valence-corrected chi connectivity index (χ3v) is 6.75. The Morgan fingerprint density at radius 3 is 1.94 bits per heavy atom. The summed E-state index contributed by atoms with van der Waals surface area (Å²) in [7, 11) is 0. The van der Waals surface area contributed by atoms with Gasteiger partial charge in [0.25, 0.3) is 0 Å². The topological polar surface area (TPSA) is 55.1 Å². The SMILES string of the molecule is N[C@@H]1CC[C@@H](C(=O)NC(c2ccc(F)cc2)c2ccc(F)cc2)[C@H](c2ccc(Br)cc2)C1. The quantitative estimate of drug-likeness (QED) is 0.463. The molecule has 3 nitrogen and oxygen atoms in total. The van der Waals surface area contributed by atoms with Crippen molar-refractivity contribution in [2.45, 2.75) is 37.3 Å². The van der Waals surface area contributed by atoms with E-state index in [2.05, 4.69) is 21.2 Å². The molecule has 166 valence electrons. The Bertz CT molecular complexity index is 1010. The molecule has 3 N–H and O–H groups in total. The summed E-state index contributed by atoms with van der Waals surface area (Å²) in [5, 5.41) is 3.15. The average Bonchev–Trinajstić information content (AvgIpc) is 2.79. The average molecular weight is 499 g/mol. The number of nitrogens with one attached hydrogen (secondary N) is 1. The lowest BCUT2D eigenvalue weighted by molar-refractivity contribution is -0.127. The monoisotopic (exact) mass is 498 g/mol. The van der Waals surface area contributed by atoms with Crippen molar-refractivity contribution in [2.24, 2.45) is 11.7 Å². The Balaban J connectivity index is 1.63. The molecule has 32 heavy (non-hydrogen) atoms. The number of amides is 1. The van der Waals surface area contributed by atoms with Crippen LogP contribution in [0.15, 0.2) is 77.3 Å². The number of halogens is 3. The van der Waals surface area contributed by atoms with E-state index >= 15 is 0 Å². The number of benzene rings is 3. The van der Waals surface area contributed by atoms with Gasteiger partial charge in [0.15, 0.2) is 0 Å². The Morgan fingerprint density at radius 1 is 0.875 bits per heavy atom. The van der Waals surface area contributed by atoms with Gasteiger partial charge in [0.1, 0.15) is 11.6 Å². The normalized spacial score (nSPS) is 20.8. The number of carbonyl (C=O) groups excluding carboxylic acids is 1. The highest BCUT2D eigenvalue weighted by atomic mass is 79.9. The summed E-state index contributed by atoms with van der Waals surface area (Å²) in [4.78, 5) is 13.5. The minimum atomic E-state index is -0.509. The second-order valence-electron chi connectivity index (χ2n) is 8.38. The van der Waals surface area contributed by atoms with Gasteiger partial charge in [0.05, 0.1) is 6.04 Å². The van der Waals surface area contributed by atoms with Crippen LogP contribution >= 0.6 is 15.9 Å². The van der Waals surface area contributed by atoms with Crippen molar-refractivity contribution in [2.75, 3.05) is 0 Å². The fourth-order valence-electron chi connectivity index (χ4n) is 4.51. The third kappa shape index (κ3) is 5.25. The first-order valence-electron chi connectivity index (χ1n) is 10.7. The molecular weight excluding hydrogens is 474 g/mol. The summed E-state index contributed by atoms with van der Waals surface area (Å²) in [6, 6.07) is 19.6. The molecule has 3 aromatic carbocycles. The predicted octanol–water partition coefficient (Wildman–Crippen LogP) is 5.84. The van der Waals surface area contributed by atoms with Gasteiger partial charge < -0.3 is 11.1 Å². The summed E-state index contributed by atoms with van der Waals surface area (Å²) < 4.78 is 28.0. The van der Waals surface area contributed by atoms with E-state index in [-0.39, 0.29) is 35.4 Å². The van der Waals surface area contributed by atoms with Gasteiger partial charge in [0.2, 0.25) is 5.91 Å². The Hall–Kier alpha value is -2.57. The molecule has 3 aromatic rings. The molecule has 4 rings (SSSR count). The molecule has 0 aliphatic heterocycles. The molecule has 0 heterocycles. The Labute approximate surface area is 195 Å². The first-order valence-corrected chi connectivity index (χ1v) is 11.5.